The van der Waals surface area contributed by atoms with Gasteiger partial charge in [-0.25, -0.2) is 4.39 Å². The molecule has 0 spiro atoms. The van der Waals surface area contributed by atoms with Crippen LogP contribution >= 0.6 is 0 Å². The van der Waals surface area contributed by atoms with Gasteiger partial charge in [-0.15, -0.1) is 0 Å². The Labute approximate surface area is 114 Å². The molecule has 5 nitrogen and oxygen atoms in total. The summed E-state index contributed by atoms with van der Waals surface area (Å²) >= 11 is 0. The molecule has 0 aliphatic carbocycles. The van der Waals surface area contributed by atoms with Gasteiger partial charge in [0.2, 0.25) is 5.09 Å². The van der Waals surface area contributed by atoms with E-state index in [-0.39, 0.29) is 17.4 Å². The number of anilines is 1. The minimum atomic E-state index is -3.92. The molecule has 1 aliphatic heterocycles. The number of nitrogens with zero attached hydrogens (tertiary/aromatic N) is 1. The van der Waals surface area contributed by atoms with E-state index in [1.54, 1.807) is 6.07 Å². The molecule has 7 heteroatoms. The van der Waals surface area contributed by atoms with E-state index in [2.05, 4.69) is 0 Å². The van der Waals surface area contributed by atoms with Crippen LogP contribution in [0.25, 0.3) is 0 Å². The van der Waals surface area contributed by atoms with E-state index in [1.807, 2.05) is 0 Å². The van der Waals surface area contributed by atoms with Crippen LogP contribution in [-0.4, -0.2) is 21.2 Å². The first-order chi connectivity index (χ1) is 9.52. The minimum Gasteiger partial charge on any atom is -0.440 e. The van der Waals surface area contributed by atoms with Crippen LogP contribution < -0.4 is 4.31 Å². The van der Waals surface area contributed by atoms with Crippen LogP contribution in [0, 0.1) is 5.82 Å². The summed E-state index contributed by atoms with van der Waals surface area (Å²) in [6, 6.07) is 6.55. The predicted octanol–water partition coefficient (Wildman–Crippen LogP) is 1.98. The highest BCUT2D eigenvalue weighted by atomic mass is 32.2. The largest absolute Gasteiger partial charge is 0.440 e. The second-order valence-electron chi connectivity index (χ2n) is 4.37. The van der Waals surface area contributed by atoms with Crippen LogP contribution in [0.1, 0.15) is 16.1 Å². The highest BCUT2D eigenvalue weighted by molar-refractivity contribution is 7.92. The average Bonchev–Trinajstić information content (AvgIpc) is 3.05. The van der Waals surface area contributed by atoms with Crippen LogP contribution in [-0.2, 0) is 16.4 Å². The maximum Gasteiger partial charge on any atom is 0.297 e. The number of halogens is 1. The fraction of sp³-hybridized carbons (Fsp3) is 0.154. The number of furan rings is 1. The quantitative estimate of drug-likeness (QED) is 0.812. The van der Waals surface area contributed by atoms with Gasteiger partial charge in [0.05, 0.1) is 5.69 Å². The summed E-state index contributed by atoms with van der Waals surface area (Å²) in [5, 5.41) is -0.322. The van der Waals surface area contributed by atoms with E-state index < -0.39 is 15.8 Å². The highest BCUT2D eigenvalue weighted by Gasteiger charge is 2.33. The van der Waals surface area contributed by atoms with Crippen molar-refractivity contribution in [2.45, 2.75) is 11.5 Å². The molecule has 0 unspecified atom stereocenters. The fourth-order valence-corrected chi connectivity index (χ4v) is 3.64. The molecule has 0 atom stereocenters. The normalized spacial score (nSPS) is 14.3. The van der Waals surface area contributed by atoms with E-state index in [4.69, 9.17) is 4.42 Å². The van der Waals surface area contributed by atoms with Gasteiger partial charge in [0.1, 0.15) is 5.82 Å². The number of aldehydes is 1. The van der Waals surface area contributed by atoms with Gasteiger partial charge in [0.15, 0.2) is 12.0 Å². The third-order valence-corrected chi connectivity index (χ3v) is 4.85. The number of sulfonamides is 1. The molecule has 0 amide bonds. The zero-order valence-electron chi connectivity index (χ0n) is 10.2. The molecule has 104 valence electrons. The van der Waals surface area contributed by atoms with Crippen LogP contribution in [0.5, 0.6) is 0 Å². The van der Waals surface area contributed by atoms with Crippen molar-refractivity contribution in [1.29, 1.82) is 0 Å². The van der Waals surface area contributed by atoms with Gasteiger partial charge in [0.25, 0.3) is 10.0 Å². The van der Waals surface area contributed by atoms with Crippen molar-refractivity contribution in [1.82, 2.24) is 0 Å². The summed E-state index contributed by atoms with van der Waals surface area (Å²) < 4.78 is 44.2. The Morgan fingerprint density at radius 1 is 1.25 bits per heavy atom. The van der Waals surface area contributed by atoms with Crippen molar-refractivity contribution in [3.63, 3.8) is 0 Å². The van der Waals surface area contributed by atoms with Crippen molar-refractivity contribution in [2.24, 2.45) is 0 Å². The summed E-state index contributed by atoms with van der Waals surface area (Å²) in [6.07, 6.45) is 0.937. The van der Waals surface area contributed by atoms with E-state index in [1.165, 1.54) is 24.3 Å². The van der Waals surface area contributed by atoms with Crippen molar-refractivity contribution in [3.8, 4) is 0 Å². The zero-order chi connectivity index (χ0) is 14.3. The summed E-state index contributed by atoms with van der Waals surface area (Å²) in [6.45, 7) is 0.220. The number of benzene rings is 1. The summed E-state index contributed by atoms with van der Waals surface area (Å²) in [7, 11) is -3.92. The molecule has 0 bridgehead atoms. The van der Waals surface area contributed by atoms with Gasteiger partial charge in [-0.3, -0.25) is 9.10 Å². The molecule has 2 aromatic rings. The number of carbonyl (C=O) groups is 1. The first-order valence-electron chi connectivity index (χ1n) is 5.88. The van der Waals surface area contributed by atoms with Gasteiger partial charge < -0.3 is 4.42 Å². The summed E-state index contributed by atoms with van der Waals surface area (Å²) in [5.41, 5.74) is 1.08. The molecule has 1 aromatic heterocycles. The number of hydrogen-bond acceptors (Lipinski definition) is 4. The topological polar surface area (TPSA) is 67.6 Å². The monoisotopic (exact) mass is 295 g/mol. The Morgan fingerprint density at radius 3 is 2.75 bits per heavy atom. The lowest BCUT2D eigenvalue weighted by molar-refractivity contribution is 0.109. The molecular formula is C13H10FNO4S. The number of hydrogen-bond donors (Lipinski definition) is 0. The minimum absolute atomic E-state index is 0.0674. The van der Waals surface area contributed by atoms with Crippen molar-refractivity contribution in [2.75, 3.05) is 10.8 Å². The van der Waals surface area contributed by atoms with Crippen molar-refractivity contribution in [3.05, 3.63) is 47.5 Å². The average molecular weight is 295 g/mol. The molecule has 0 N–H and O–H groups in total. The second kappa shape index (κ2) is 4.45. The molecule has 0 radical (unpaired) electrons. The van der Waals surface area contributed by atoms with Crippen LogP contribution in [0.4, 0.5) is 10.1 Å². The number of fused-ring (bicyclic) bond motifs is 1. The van der Waals surface area contributed by atoms with E-state index >= 15 is 0 Å². The lowest BCUT2D eigenvalue weighted by Gasteiger charge is -2.17. The smallest absolute Gasteiger partial charge is 0.297 e. The lowest BCUT2D eigenvalue weighted by atomic mass is 10.2. The highest BCUT2D eigenvalue weighted by Crippen LogP contribution is 2.33. The Hall–Kier alpha value is -2.15. The van der Waals surface area contributed by atoms with Crippen molar-refractivity contribution < 1.29 is 22.0 Å². The number of rotatable bonds is 3. The molecule has 1 aliphatic rings. The molecule has 20 heavy (non-hydrogen) atoms. The maximum atomic E-state index is 13.3. The van der Waals surface area contributed by atoms with Crippen LogP contribution in [0.2, 0.25) is 0 Å². The standard InChI is InChI=1S/C13H10FNO4S/c14-10-2-1-9-5-6-15(12(9)7-10)20(17,18)13-4-3-11(8-16)19-13/h1-4,7-8H,5-6H2. The zero-order valence-corrected chi connectivity index (χ0v) is 11.1. The fourth-order valence-electron chi connectivity index (χ4n) is 2.22. The third-order valence-electron chi connectivity index (χ3n) is 3.16. The van der Waals surface area contributed by atoms with Gasteiger partial charge in [-0.2, -0.15) is 8.42 Å². The van der Waals surface area contributed by atoms with Gasteiger partial charge in [-0.05, 0) is 36.2 Å². The molecule has 0 saturated carbocycles. The second-order valence-corrected chi connectivity index (χ2v) is 6.17. The summed E-state index contributed by atoms with van der Waals surface area (Å²) in [5.74, 6) is -0.568. The predicted molar refractivity (Wildman–Crippen MR) is 68.7 cm³/mol. The molecule has 1 aromatic carbocycles. The van der Waals surface area contributed by atoms with Crippen LogP contribution in [0.15, 0.2) is 39.8 Å². The van der Waals surface area contributed by atoms with Crippen LogP contribution in [0.3, 0.4) is 0 Å². The molecule has 3 rings (SSSR count). The Bertz CT molecular complexity index is 781. The van der Waals surface area contributed by atoms with Crippen molar-refractivity contribution >= 4 is 22.0 Å². The Kier molecular flexibility index (Phi) is 2.86. The number of carbonyl (C=O) groups excluding carboxylic acids is 1. The first kappa shape index (κ1) is 12.9. The third kappa shape index (κ3) is 1.90. The molecule has 0 saturated heterocycles. The van der Waals surface area contributed by atoms with Gasteiger partial charge >= 0.3 is 0 Å². The van der Waals surface area contributed by atoms with E-state index in [0.717, 1.165) is 9.87 Å². The van der Waals surface area contributed by atoms with E-state index in [9.17, 15) is 17.6 Å². The molecule has 2 heterocycles. The lowest BCUT2D eigenvalue weighted by Crippen LogP contribution is -2.28. The van der Waals surface area contributed by atoms with Gasteiger partial charge in [-0.1, -0.05) is 6.07 Å². The Morgan fingerprint density at radius 2 is 2.05 bits per heavy atom. The molecular weight excluding hydrogens is 285 g/mol. The van der Waals surface area contributed by atoms with E-state index in [0.29, 0.717) is 18.4 Å². The first-order valence-corrected chi connectivity index (χ1v) is 7.32. The Balaban J connectivity index is 2.06. The summed E-state index contributed by atoms with van der Waals surface area (Å²) in [4.78, 5) is 10.6. The van der Waals surface area contributed by atoms with Gasteiger partial charge in [0, 0.05) is 6.54 Å². The maximum absolute atomic E-state index is 13.3. The molecule has 0 fully saturated rings. The SMILES string of the molecule is O=Cc1ccc(S(=O)(=O)N2CCc3ccc(F)cc32)o1.